The number of carbonyl (C=O) groups is 1. The van der Waals surface area contributed by atoms with Gasteiger partial charge in [-0.15, -0.1) is 0 Å². The van der Waals surface area contributed by atoms with Crippen LogP contribution in [0, 0.1) is 5.82 Å². The van der Waals surface area contributed by atoms with Crippen LogP contribution in [-0.4, -0.2) is 42.8 Å². The molecule has 1 amide bonds. The fraction of sp³-hybridized carbons (Fsp3) is 0.562. The Kier molecular flexibility index (Phi) is 5.37. The third-order valence-corrected chi connectivity index (χ3v) is 3.31. The number of hydrogen-bond acceptors (Lipinski definition) is 4. The summed E-state index contributed by atoms with van der Waals surface area (Å²) in [6.07, 6.45) is -0.527. The molecule has 2 rings (SSSR count). The van der Waals surface area contributed by atoms with Gasteiger partial charge in [0.05, 0.1) is 0 Å². The fourth-order valence-electron chi connectivity index (χ4n) is 2.34. The molecular weight excluding hydrogens is 285 g/mol. The zero-order chi connectivity index (χ0) is 16.2. The molecular formula is C16H24FN3O2. The SMILES string of the molecule is CC(C)(C)OC(=O)Nc1ccc(F)cc1CN1CCNCC1. The molecule has 122 valence electrons. The van der Waals surface area contributed by atoms with Crippen molar-refractivity contribution in [3.8, 4) is 0 Å². The van der Waals surface area contributed by atoms with E-state index in [0.717, 1.165) is 31.7 Å². The number of benzene rings is 1. The van der Waals surface area contributed by atoms with Crippen LogP contribution in [0.15, 0.2) is 18.2 Å². The highest BCUT2D eigenvalue weighted by atomic mass is 19.1. The van der Waals surface area contributed by atoms with Crippen LogP contribution in [0.25, 0.3) is 0 Å². The van der Waals surface area contributed by atoms with Crippen LogP contribution in [0.4, 0.5) is 14.9 Å². The number of piperazine rings is 1. The van der Waals surface area contributed by atoms with Gasteiger partial charge in [0.15, 0.2) is 0 Å². The Bertz CT molecular complexity index is 523. The van der Waals surface area contributed by atoms with Crippen LogP contribution in [0.2, 0.25) is 0 Å². The molecule has 0 bridgehead atoms. The average Bonchev–Trinajstić information content (AvgIpc) is 2.41. The first kappa shape index (κ1) is 16.7. The van der Waals surface area contributed by atoms with Crippen molar-refractivity contribution in [2.75, 3.05) is 31.5 Å². The molecule has 0 atom stereocenters. The monoisotopic (exact) mass is 309 g/mol. The molecule has 0 spiro atoms. The number of hydrogen-bond donors (Lipinski definition) is 2. The third-order valence-electron chi connectivity index (χ3n) is 3.31. The lowest BCUT2D eigenvalue weighted by Crippen LogP contribution is -2.43. The van der Waals surface area contributed by atoms with Crippen LogP contribution < -0.4 is 10.6 Å². The molecule has 0 radical (unpaired) electrons. The number of anilines is 1. The largest absolute Gasteiger partial charge is 0.444 e. The maximum absolute atomic E-state index is 13.5. The second-order valence-electron chi connectivity index (χ2n) is 6.45. The maximum Gasteiger partial charge on any atom is 0.412 e. The van der Waals surface area contributed by atoms with E-state index in [1.54, 1.807) is 26.8 Å². The summed E-state index contributed by atoms with van der Waals surface area (Å²) in [6, 6.07) is 4.39. The number of rotatable bonds is 3. The van der Waals surface area contributed by atoms with Crippen molar-refractivity contribution in [3.05, 3.63) is 29.6 Å². The topological polar surface area (TPSA) is 53.6 Å². The first-order valence-electron chi connectivity index (χ1n) is 7.55. The molecule has 1 aromatic carbocycles. The Morgan fingerprint density at radius 2 is 2.05 bits per heavy atom. The zero-order valence-corrected chi connectivity index (χ0v) is 13.4. The second kappa shape index (κ2) is 7.07. The summed E-state index contributed by atoms with van der Waals surface area (Å²) < 4.78 is 18.8. The molecule has 1 aliphatic heterocycles. The highest BCUT2D eigenvalue weighted by Gasteiger charge is 2.18. The van der Waals surface area contributed by atoms with Crippen LogP contribution >= 0.6 is 0 Å². The van der Waals surface area contributed by atoms with Gasteiger partial charge in [0, 0.05) is 38.4 Å². The highest BCUT2D eigenvalue weighted by molar-refractivity contribution is 5.85. The number of ether oxygens (including phenoxy) is 1. The van der Waals surface area contributed by atoms with Crippen LogP contribution in [0.5, 0.6) is 0 Å². The predicted octanol–water partition coefficient (Wildman–Crippen LogP) is 2.58. The molecule has 1 heterocycles. The van der Waals surface area contributed by atoms with Crippen molar-refractivity contribution >= 4 is 11.8 Å². The zero-order valence-electron chi connectivity index (χ0n) is 13.4. The maximum atomic E-state index is 13.5. The molecule has 1 aliphatic rings. The van der Waals surface area contributed by atoms with Crippen molar-refractivity contribution in [2.45, 2.75) is 32.9 Å². The van der Waals surface area contributed by atoms with Crippen molar-refractivity contribution in [3.63, 3.8) is 0 Å². The number of halogens is 1. The molecule has 22 heavy (non-hydrogen) atoms. The van der Waals surface area contributed by atoms with E-state index in [0.29, 0.717) is 12.2 Å². The predicted molar refractivity (Wildman–Crippen MR) is 84.4 cm³/mol. The quantitative estimate of drug-likeness (QED) is 0.901. The molecule has 0 unspecified atom stereocenters. The lowest BCUT2D eigenvalue weighted by molar-refractivity contribution is 0.0635. The number of nitrogens with one attached hydrogen (secondary N) is 2. The normalized spacial score (nSPS) is 16.4. The lowest BCUT2D eigenvalue weighted by Gasteiger charge is -2.28. The minimum absolute atomic E-state index is 0.306. The van der Waals surface area contributed by atoms with E-state index in [-0.39, 0.29) is 5.82 Å². The third kappa shape index (κ3) is 5.27. The number of amides is 1. The van der Waals surface area contributed by atoms with Gasteiger partial charge in [0.1, 0.15) is 11.4 Å². The minimum Gasteiger partial charge on any atom is -0.444 e. The number of carbonyl (C=O) groups excluding carboxylic acids is 1. The van der Waals surface area contributed by atoms with Gasteiger partial charge in [-0.1, -0.05) is 0 Å². The molecule has 1 saturated heterocycles. The molecule has 0 aromatic heterocycles. The molecule has 1 aromatic rings. The van der Waals surface area contributed by atoms with Crippen molar-refractivity contribution in [2.24, 2.45) is 0 Å². The molecule has 1 fully saturated rings. The van der Waals surface area contributed by atoms with Crippen molar-refractivity contribution in [1.82, 2.24) is 10.2 Å². The molecule has 6 heteroatoms. The Hall–Kier alpha value is -1.66. The van der Waals surface area contributed by atoms with E-state index in [1.807, 2.05) is 0 Å². The first-order chi connectivity index (χ1) is 10.3. The summed E-state index contributed by atoms with van der Waals surface area (Å²) in [6.45, 7) is 9.67. The van der Waals surface area contributed by atoms with Crippen molar-refractivity contribution < 1.29 is 13.9 Å². The summed E-state index contributed by atoms with van der Waals surface area (Å²) in [5, 5.41) is 5.99. The van der Waals surface area contributed by atoms with Gasteiger partial charge in [0.2, 0.25) is 0 Å². The van der Waals surface area contributed by atoms with Gasteiger partial charge in [0.25, 0.3) is 0 Å². The van der Waals surface area contributed by atoms with E-state index in [2.05, 4.69) is 15.5 Å². The van der Waals surface area contributed by atoms with Gasteiger partial charge in [-0.05, 0) is 44.5 Å². The van der Waals surface area contributed by atoms with E-state index in [9.17, 15) is 9.18 Å². The standard InChI is InChI=1S/C16H24FN3O2/c1-16(2,3)22-15(21)19-14-5-4-13(17)10-12(14)11-20-8-6-18-7-9-20/h4-5,10,18H,6-9,11H2,1-3H3,(H,19,21). The first-order valence-corrected chi connectivity index (χ1v) is 7.55. The summed E-state index contributed by atoms with van der Waals surface area (Å²) in [5.74, 6) is -0.306. The lowest BCUT2D eigenvalue weighted by atomic mass is 10.1. The Labute approximate surface area is 130 Å². The fourth-order valence-corrected chi connectivity index (χ4v) is 2.34. The molecule has 5 nitrogen and oxygen atoms in total. The smallest absolute Gasteiger partial charge is 0.412 e. The summed E-state index contributed by atoms with van der Waals surface area (Å²) in [5.41, 5.74) is 0.782. The average molecular weight is 309 g/mol. The Morgan fingerprint density at radius 3 is 2.68 bits per heavy atom. The summed E-state index contributed by atoms with van der Waals surface area (Å²) in [7, 11) is 0. The van der Waals surface area contributed by atoms with Crippen LogP contribution in [-0.2, 0) is 11.3 Å². The van der Waals surface area contributed by atoms with Gasteiger partial charge < -0.3 is 10.1 Å². The minimum atomic E-state index is -0.567. The molecule has 0 aliphatic carbocycles. The molecule has 0 saturated carbocycles. The van der Waals surface area contributed by atoms with E-state index < -0.39 is 11.7 Å². The second-order valence-corrected chi connectivity index (χ2v) is 6.45. The van der Waals surface area contributed by atoms with Gasteiger partial charge in [-0.25, -0.2) is 9.18 Å². The Balaban J connectivity index is 2.08. The molecule has 2 N–H and O–H groups in total. The van der Waals surface area contributed by atoms with E-state index in [4.69, 9.17) is 4.74 Å². The highest BCUT2D eigenvalue weighted by Crippen LogP contribution is 2.20. The van der Waals surface area contributed by atoms with Gasteiger partial charge >= 0.3 is 6.09 Å². The number of nitrogens with zero attached hydrogens (tertiary/aromatic N) is 1. The van der Waals surface area contributed by atoms with Gasteiger partial charge in [-0.2, -0.15) is 0 Å². The summed E-state index contributed by atoms with van der Waals surface area (Å²) in [4.78, 5) is 14.1. The van der Waals surface area contributed by atoms with E-state index in [1.165, 1.54) is 12.1 Å². The van der Waals surface area contributed by atoms with Gasteiger partial charge in [-0.3, -0.25) is 10.2 Å². The van der Waals surface area contributed by atoms with Crippen molar-refractivity contribution in [1.29, 1.82) is 0 Å². The van der Waals surface area contributed by atoms with E-state index >= 15 is 0 Å². The van der Waals surface area contributed by atoms with Crippen LogP contribution in [0.3, 0.4) is 0 Å². The van der Waals surface area contributed by atoms with Crippen LogP contribution in [0.1, 0.15) is 26.3 Å². The Morgan fingerprint density at radius 1 is 1.36 bits per heavy atom. The summed E-state index contributed by atoms with van der Waals surface area (Å²) >= 11 is 0.